The third-order valence-electron chi connectivity index (χ3n) is 4.30. The van der Waals surface area contributed by atoms with E-state index in [1.54, 1.807) is 0 Å². The maximum Gasteiger partial charge on any atom is 0.296 e. The molecule has 3 aromatic rings. The molecule has 11 heteroatoms. The minimum absolute atomic E-state index is 0.0164. The minimum atomic E-state index is -4.53. The van der Waals surface area contributed by atoms with Gasteiger partial charge in [-0.15, -0.1) is 10.2 Å². The van der Waals surface area contributed by atoms with Crippen molar-refractivity contribution in [2.75, 3.05) is 24.6 Å². The maximum absolute atomic E-state index is 12.0. The fourth-order valence-corrected chi connectivity index (χ4v) is 4.90. The summed E-state index contributed by atoms with van der Waals surface area (Å²) >= 11 is 4.73. The van der Waals surface area contributed by atoms with Crippen LogP contribution in [0.4, 0.5) is 16.5 Å². The van der Waals surface area contributed by atoms with E-state index in [2.05, 4.69) is 31.1 Å². The average molecular weight is 513 g/mol. The van der Waals surface area contributed by atoms with Gasteiger partial charge in [0.2, 0.25) is 5.13 Å². The van der Waals surface area contributed by atoms with Crippen LogP contribution in [0.3, 0.4) is 0 Å². The monoisotopic (exact) mass is 512 g/mol. The van der Waals surface area contributed by atoms with Gasteiger partial charge in [0.15, 0.2) is 0 Å². The van der Waals surface area contributed by atoms with Gasteiger partial charge >= 0.3 is 0 Å². The molecule has 0 saturated carbocycles. The number of anilines is 1. The molecule has 1 N–H and O–H groups in total. The second-order valence-corrected chi connectivity index (χ2v) is 9.49. The van der Waals surface area contributed by atoms with Crippen molar-refractivity contribution in [3.63, 3.8) is 0 Å². The van der Waals surface area contributed by atoms with Crippen LogP contribution in [0.15, 0.2) is 49.9 Å². The second-order valence-electron chi connectivity index (χ2n) is 6.18. The summed E-state index contributed by atoms with van der Waals surface area (Å²) in [6.45, 7) is 7.41. The van der Waals surface area contributed by atoms with Crippen LogP contribution in [-0.2, 0) is 10.1 Å². The van der Waals surface area contributed by atoms with Crippen LogP contribution in [0, 0.1) is 0 Å². The smallest absolute Gasteiger partial charge is 0.296 e. The van der Waals surface area contributed by atoms with E-state index in [0.717, 1.165) is 14.7 Å². The predicted molar refractivity (Wildman–Crippen MR) is 122 cm³/mol. The molecule has 0 saturated heterocycles. The number of halogens is 1. The number of hydrogen-bond acceptors (Lipinski definition) is 8. The Bertz CT molecular complexity index is 1190. The highest BCUT2D eigenvalue weighted by atomic mass is 79.9. The summed E-state index contributed by atoms with van der Waals surface area (Å²) in [7, 11) is -4.53. The highest BCUT2D eigenvalue weighted by molar-refractivity contribution is 9.10. The van der Waals surface area contributed by atoms with E-state index in [1.807, 2.05) is 43.9 Å². The lowest BCUT2D eigenvalue weighted by atomic mass is 10.2. The van der Waals surface area contributed by atoms with Crippen LogP contribution in [0.5, 0.6) is 5.75 Å². The van der Waals surface area contributed by atoms with Gasteiger partial charge in [-0.1, -0.05) is 27.3 Å². The molecule has 3 rings (SSSR count). The van der Waals surface area contributed by atoms with Crippen molar-refractivity contribution in [3.8, 4) is 5.75 Å². The van der Waals surface area contributed by atoms with Crippen molar-refractivity contribution in [1.29, 1.82) is 0 Å². The van der Waals surface area contributed by atoms with Crippen LogP contribution in [0.2, 0.25) is 0 Å². The quantitative estimate of drug-likeness (QED) is 0.294. The Hall–Kier alpha value is -2.08. The largest absolute Gasteiger partial charge is 0.492 e. The van der Waals surface area contributed by atoms with Gasteiger partial charge in [0, 0.05) is 23.6 Å². The van der Waals surface area contributed by atoms with Crippen molar-refractivity contribution in [3.05, 3.63) is 34.8 Å². The van der Waals surface area contributed by atoms with Crippen molar-refractivity contribution < 1.29 is 17.7 Å². The summed E-state index contributed by atoms with van der Waals surface area (Å²) in [5, 5.41) is 8.56. The Kier molecular flexibility index (Phi) is 7.06. The number of nitrogens with zero attached hydrogens (tertiary/aromatic N) is 4. The summed E-state index contributed by atoms with van der Waals surface area (Å²) in [5.41, 5.74) is 1.31. The Morgan fingerprint density at radius 3 is 2.53 bits per heavy atom. The van der Waals surface area contributed by atoms with Gasteiger partial charge in [0.25, 0.3) is 10.1 Å². The molecule has 1 aromatic heterocycles. The number of ether oxygens (including phenoxy) is 1. The molecule has 8 nitrogen and oxygen atoms in total. The predicted octanol–water partition coefficient (Wildman–Crippen LogP) is 5.97. The SMILES string of the molecule is CCOc1cc(N=Nc2nc3ccc(Br)cc3s2)c(S(=O)(=O)O)cc1N(CC)CC. The summed E-state index contributed by atoms with van der Waals surface area (Å²) in [6, 6.07) is 8.50. The van der Waals surface area contributed by atoms with Gasteiger partial charge < -0.3 is 9.64 Å². The Balaban J connectivity index is 2.11. The number of benzene rings is 2. The van der Waals surface area contributed by atoms with Crippen LogP contribution < -0.4 is 9.64 Å². The molecule has 0 spiro atoms. The first-order chi connectivity index (χ1) is 14.3. The molecule has 0 fully saturated rings. The van der Waals surface area contributed by atoms with Gasteiger partial charge in [-0.2, -0.15) is 8.42 Å². The molecule has 30 heavy (non-hydrogen) atoms. The average Bonchev–Trinajstić information content (AvgIpc) is 3.09. The minimum Gasteiger partial charge on any atom is -0.492 e. The number of thiazole rings is 1. The second kappa shape index (κ2) is 9.38. The van der Waals surface area contributed by atoms with Gasteiger partial charge in [-0.25, -0.2) is 4.98 Å². The molecule has 160 valence electrons. The van der Waals surface area contributed by atoms with Crippen LogP contribution in [-0.4, -0.2) is 37.7 Å². The van der Waals surface area contributed by atoms with E-state index < -0.39 is 10.1 Å². The number of hydrogen-bond donors (Lipinski definition) is 1. The third kappa shape index (κ3) is 4.97. The van der Waals surface area contributed by atoms with Gasteiger partial charge in [-0.05, 0) is 45.0 Å². The van der Waals surface area contributed by atoms with Crippen molar-refractivity contribution in [2.45, 2.75) is 25.7 Å². The lowest BCUT2D eigenvalue weighted by molar-refractivity contribution is 0.340. The summed E-state index contributed by atoms with van der Waals surface area (Å²) in [6.07, 6.45) is 0. The topological polar surface area (TPSA) is 104 Å². The lowest BCUT2D eigenvalue weighted by Gasteiger charge is -2.24. The standard InChI is InChI=1S/C19H21BrN4O4S2/c1-4-24(5-2)15-11-18(30(25,26)27)14(10-16(15)28-6-3)22-23-19-21-13-8-7-12(20)9-17(13)29-19/h7-11H,4-6H2,1-3H3,(H,25,26,27). The Labute approximate surface area is 187 Å². The zero-order valence-corrected chi connectivity index (χ0v) is 19.9. The fraction of sp³-hybridized carbons (Fsp3) is 0.316. The number of azo groups is 1. The lowest BCUT2D eigenvalue weighted by Crippen LogP contribution is -2.23. The van der Waals surface area contributed by atoms with E-state index in [1.165, 1.54) is 23.5 Å². The van der Waals surface area contributed by atoms with Crippen molar-refractivity contribution >= 4 is 64.1 Å². The molecule has 2 aromatic carbocycles. The van der Waals surface area contributed by atoms with Crippen molar-refractivity contribution in [1.82, 2.24) is 4.98 Å². The van der Waals surface area contributed by atoms with E-state index >= 15 is 0 Å². The Morgan fingerprint density at radius 2 is 1.90 bits per heavy atom. The third-order valence-corrected chi connectivity index (χ3v) is 6.58. The van der Waals surface area contributed by atoms with Crippen LogP contribution >= 0.6 is 27.3 Å². The molecular weight excluding hydrogens is 492 g/mol. The first-order valence-electron chi connectivity index (χ1n) is 9.27. The van der Waals surface area contributed by atoms with Gasteiger partial charge in [0.1, 0.15) is 16.3 Å². The summed E-state index contributed by atoms with van der Waals surface area (Å²) < 4.78 is 41.4. The molecular formula is C19H21BrN4O4S2. The molecule has 0 radical (unpaired) electrons. The van der Waals surface area contributed by atoms with E-state index in [9.17, 15) is 13.0 Å². The van der Waals surface area contributed by atoms with Crippen LogP contribution in [0.1, 0.15) is 20.8 Å². The molecule has 1 heterocycles. The normalized spacial score (nSPS) is 12.0. The van der Waals surface area contributed by atoms with Gasteiger partial charge in [0.05, 0.1) is 22.5 Å². The molecule has 0 unspecified atom stereocenters. The molecule has 0 amide bonds. The number of aromatic nitrogens is 1. The Morgan fingerprint density at radius 1 is 1.17 bits per heavy atom. The maximum atomic E-state index is 12.0. The number of fused-ring (bicyclic) bond motifs is 1. The first-order valence-corrected chi connectivity index (χ1v) is 12.3. The molecule has 0 aliphatic heterocycles. The molecule has 0 aliphatic rings. The highest BCUT2D eigenvalue weighted by Crippen LogP contribution is 2.39. The van der Waals surface area contributed by atoms with Gasteiger partial charge in [-0.3, -0.25) is 4.55 Å². The van der Waals surface area contributed by atoms with E-state index in [0.29, 0.717) is 36.3 Å². The molecule has 0 atom stereocenters. The zero-order valence-electron chi connectivity index (χ0n) is 16.7. The fourth-order valence-electron chi connectivity index (χ4n) is 2.93. The number of rotatable bonds is 8. The van der Waals surface area contributed by atoms with E-state index in [4.69, 9.17) is 4.74 Å². The zero-order chi connectivity index (χ0) is 21.9. The van der Waals surface area contributed by atoms with Crippen LogP contribution in [0.25, 0.3) is 10.2 Å². The summed E-state index contributed by atoms with van der Waals surface area (Å²) in [4.78, 5) is 5.98. The molecule has 0 aliphatic carbocycles. The first kappa shape index (κ1) is 22.6. The van der Waals surface area contributed by atoms with E-state index in [-0.39, 0.29) is 10.6 Å². The highest BCUT2D eigenvalue weighted by Gasteiger charge is 2.22. The summed E-state index contributed by atoms with van der Waals surface area (Å²) in [5.74, 6) is 0.468. The molecule has 0 bridgehead atoms. The van der Waals surface area contributed by atoms with Crippen molar-refractivity contribution in [2.24, 2.45) is 10.2 Å².